The van der Waals surface area contributed by atoms with Gasteiger partial charge in [-0.05, 0) is 30.5 Å². The molecule has 3 unspecified atom stereocenters. The third-order valence-electron chi connectivity index (χ3n) is 3.95. The Hall–Kier alpha value is -0.670. The molecule has 0 heterocycles. The van der Waals surface area contributed by atoms with E-state index in [1.807, 2.05) is 7.05 Å². The van der Waals surface area contributed by atoms with Crippen molar-refractivity contribution in [3.8, 4) is 0 Å². The molecule has 0 spiro atoms. The second kappa shape index (κ2) is 8.58. The van der Waals surface area contributed by atoms with E-state index >= 15 is 0 Å². The fourth-order valence-electron chi connectivity index (χ4n) is 2.17. The molecule has 0 aliphatic rings. The van der Waals surface area contributed by atoms with Crippen LogP contribution in [-0.4, -0.2) is 22.3 Å². The van der Waals surface area contributed by atoms with Crippen molar-refractivity contribution >= 4 is 10.8 Å². The van der Waals surface area contributed by atoms with Crippen LogP contribution in [0.1, 0.15) is 51.3 Å². The van der Waals surface area contributed by atoms with Crippen molar-refractivity contribution in [3.63, 3.8) is 0 Å². The van der Waals surface area contributed by atoms with Gasteiger partial charge in [0.15, 0.2) is 0 Å². The summed E-state index contributed by atoms with van der Waals surface area (Å²) in [6.45, 7) is 8.55. The minimum Gasteiger partial charge on any atom is -0.312 e. The average Bonchev–Trinajstić information content (AvgIpc) is 2.45. The lowest BCUT2D eigenvalue weighted by atomic mass is 10.0. The SMILES string of the molecule is CCCc1ccc(C(CS(=O)C(C)C(C)C)NC)cc1. The summed E-state index contributed by atoms with van der Waals surface area (Å²) in [6, 6.07) is 8.90. The van der Waals surface area contributed by atoms with Gasteiger partial charge in [0.25, 0.3) is 0 Å². The number of rotatable bonds is 8. The summed E-state index contributed by atoms with van der Waals surface area (Å²) >= 11 is 0. The molecule has 0 saturated carbocycles. The van der Waals surface area contributed by atoms with E-state index in [0.29, 0.717) is 11.7 Å². The molecule has 114 valence electrons. The van der Waals surface area contributed by atoms with Gasteiger partial charge in [-0.2, -0.15) is 0 Å². The van der Waals surface area contributed by atoms with Crippen LogP contribution in [0.5, 0.6) is 0 Å². The predicted molar refractivity (Wildman–Crippen MR) is 89.5 cm³/mol. The van der Waals surface area contributed by atoms with Crippen LogP contribution in [0, 0.1) is 5.92 Å². The van der Waals surface area contributed by atoms with Gasteiger partial charge in [0.2, 0.25) is 0 Å². The van der Waals surface area contributed by atoms with Crippen LogP contribution < -0.4 is 5.32 Å². The molecule has 0 radical (unpaired) electrons. The van der Waals surface area contributed by atoms with Gasteiger partial charge >= 0.3 is 0 Å². The van der Waals surface area contributed by atoms with Gasteiger partial charge in [-0.25, -0.2) is 0 Å². The fourth-order valence-corrected chi connectivity index (χ4v) is 3.77. The second-order valence-electron chi connectivity index (χ2n) is 5.83. The molecule has 3 atom stereocenters. The molecule has 0 bridgehead atoms. The summed E-state index contributed by atoms with van der Waals surface area (Å²) in [5.41, 5.74) is 2.61. The maximum Gasteiger partial charge on any atom is 0.0434 e. The van der Waals surface area contributed by atoms with Crippen LogP contribution in [-0.2, 0) is 17.2 Å². The highest BCUT2D eigenvalue weighted by Gasteiger charge is 2.19. The molecule has 2 nitrogen and oxygen atoms in total. The van der Waals surface area contributed by atoms with Crippen molar-refractivity contribution in [2.24, 2.45) is 5.92 Å². The quantitative estimate of drug-likeness (QED) is 0.792. The minimum absolute atomic E-state index is 0.174. The largest absolute Gasteiger partial charge is 0.312 e. The normalized spacial score (nSPS) is 16.1. The van der Waals surface area contributed by atoms with Gasteiger partial charge in [-0.1, -0.05) is 58.4 Å². The highest BCUT2D eigenvalue weighted by Crippen LogP contribution is 2.19. The van der Waals surface area contributed by atoms with E-state index in [4.69, 9.17) is 0 Å². The molecule has 1 aromatic rings. The molecule has 1 N–H and O–H groups in total. The molecule has 1 aromatic carbocycles. The molecule has 0 aromatic heterocycles. The molecule has 0 amide bonds. The van der Waals surface area contributed by atoms with Crippen molar-refractivity contribution in [1.29, 1.82) is 0 Å². The molecule has 20 heavy (non-hydrogen) atoms. The highest BCUT2D eigenvalue weighted by atomic mass is 32.2. The van der Waals surface area contributed by atoms with E-state index in [0.717, 1.165) is 6.42 Å². The first-order valence-electron chi connectivity index (χ1n) is 7.62. The molecular formula is C17H29NOS. The summed E-state index contributed by atoms with van der Waals surface area (Å²) in [5, 5.41) is 3.54. The summed E-state index contributed by atoms with van der Waals surface area (Å²) in [7, 11) is 1.15. The Morgan fingerprint density at radius 2 is 1.75 bits per heavy atom. The van der Waals surface area contributed by atoms with Crippen LogP contribution >= 0.6 is 0 Å². The lowest BCUT2D eigenvalue weighted by molar-refractivity contribution is 0.589. The van der Waals surface area contributed by atoms with Gasteiger partial charge in [0, 0.05) is 27.8 Å². The fraction of sp³-hybridized carbons (Fsp3) is 0.647. The van der Waals surface area contributed by atoms with E-state index in [1.54, 1.807) is 0 Å². The summed E-state index contributed by atoms with van der Waals surface area (Å²) in [5.74, 6) is 1.14. The first-order chi connectivity index (χ1) is 9.49. The van der Waals surface area contributed by atoms with Crippen molar-refractivity contribution < 1.29 is 4.21 Å². The predicted octanol–water partition coefficient (Wildman–Crippen LogP) is 3.69. The Labute approximate surface area is 126 Å². The standard InChI is InChI=1S/C17H29NOS/c1-6-7-15-8-10-16(11-9-15)17(18-5)12-20(19)14(4)13(2)3/h8-11,13-14,17-18H,6-7,12H2,1-5H3. The summed E-state index contributed by atoms with van der Waals surface area (Å²) < 4.78 is 12.4. The number of nitrogens with one attached hydrogen (secondary N) is 1. The summed E-state index contributed by atoms with van der Waals surface area (Å²) in [4.78, 5) is 0. The Bertz CT molecular complexity index is 414. The number of aryl methyl sites for hydroxylation is 1. The maximum atomic E-state index is 12.4. The topological polar surface area (TPSA) is 29.1 Å². The molecular weight excluding hydrogens is 266 g/mol. The maximum absolute atomic E-state index is 12.4. The Kier molecular flexibility index (Phi) is 7.46. The van der Waals surface area contributed by atoms with Crippen molar-refractivity contribution in [2.75, 3.05) is 12.8 Å². The van der Waals surface area contributed by atoms with Crippen molar-refractivity contribution in [2.45, 2.75) is 51.8 Å². The Morgan fingerprint density at radius 3 is 2.20 bits per heavy atom. The van der Waals surface area contributed by atoms with Crippen LogP contribution in [0.15, 0.2) is 24.3 Å². The third kappa shape index (κ3) is 5.02. The molecule has 3 heteroatoms. The lowest BCUT2D eigenvalue weighted by Gasteiger charge is -2.21. The zero-order chi connectivity index (χ0) is 15.1. The molecule has 0 aliphatic carbocycles. The number of benzene rings is 1. The molecule has 0 saturated heterocycles. The van der Waals surface area contributed by atoms with Gasteiger partial charge in [-0.15, -0.1) is 0 Å². The molecule has 0 aliphatic heterocycles. The Balaban J connectivity index is 2.73. The number of hydrogen-bond donors (Lipinski definition) is 1. The molecule has 1 rings (SSSR count). The average molecular weight is 295 g/mol. The first kappa shape index (κ1) is 17.4. The van der Waals surface area contributed by atoms with E-state index < -0.39 is 10.8 Å². The minimum atomic E-state index is -0.797. The highest BCUT2D eigenvalue weighted by molar-refractivity contribution is 7.85. The van der Waals surface area contributed by atoms with Crippen LogP contribution in [0.3, 0.4) is 0 Å². The number of hydrogen-bond acceptors (Lipinski definition) is 2. The second-order valence-corrected chi connectivity index (χ2v) is 7.67. The van der Waals surface area contributed by atoms with E-state index in [2.05, 4.69) is 57.3 Å². The zero-order valence-corrected chi connectivity index (χ0v) is 14.3. The first-order valence-corrected chi connectivity index (χ1v) is 9.01. The Morgan fingerprint density at radius 1 is 1.15 bits per heavy atom. The van der Waals surface area contributed by atoms with Crippen molar-refractivity contribution in [3.05, 3.63) is 35.4 Å². The van der Waals surface area contributed by atoms with Crippen LogP contribution in [0.2, 0.25) is 0 Å². The zero-order valence-electron chi connectivity index (χ0n) is 13.5. The van der Waals surface area contributed by atoms with Crippen LogP contribution in [0.4, 0.5) is 0 Å². The van der Waals surface area contributed by atoms with Gasteiger partial charge in [0.05, 0.1) is 0 Å². The summed E-state index contributed by atoms with van der Waals surface area (Å²) in [6.07, 6.45) is 2.30. The van der Waals surface area contributed by atoms with Gasteiger partial charge in [0.1, 0.15) is 0 Å². The van der Waals surface area contributed by atoms with E-state index in [9.17, 15) is 4.21 Å². The van der Waals surface area contributed by atoms with Gasteiger partial charge in [-0.3, -0.25) is 4.21 Å². The van der Waals surface area contributed by atoms with Gasteiger partial charge < -0.3 is 5.32 Å². The van der Waals surface area contributed by atoms with E-state index in [-0.39, 0.29) is 11.3 Å². The third-order valence-corrected chi connectivity index (χ3v) is 5.99. The smallest absolute Gasteiger partial charge is 0.0434 e. The van der Waals surface area contributed by atoms with Crippen LogP contribution in [0.25, 0.3) is 0 Å². The van der Waals surface area contributed by atoms with Crippen molar-refractivity contribution in [1.82, 2.24) is 5.32 Å². The molecule has 0 fully saturated rings. The lowest BCUT2D eigenvalue weighted by Crippen LogP contribution is -2.28. The van der Waals surface area contributed by atoms with E-state index in [1.165, 1.54) is 17.5 Å². The monoisotopic (exact) mass is 295 g/mol.